The third-order valence-electron chi connectivity index (χ3n) is 1.89. The van der Waals surface area contributed by atoms with Gasteiger partial charge in [-0.3, -0.25) is 0 Å². The molecule has 0 spiro atoms. The lowest BCUT2D eigenvalue weighted by Crippen LogP contribution is -2.08. The Balaban J connectivity index is 3.22. The number of hydrogen-bond acceptors (Lipinski definition) is 4. The number of esters is 1. The zero-order chi connectivity index (χ0) is 13.7. The van der Waals surface area contributed by atoms with Crippen LogP contribution in [0.4, 0.5) is 8.78 Å². The molecule has 1 rings (SSSR count). The topological polar surface area (TPSA) is 59.3 Å². The van der Waals surface area contributed by atoms with Crippen LogP contribution in [0.1, 0.15) is 22.8 Å². The summed E-state index contributed by atoms with van der Waals surface area (Å²) in [6, 6.07) is 3.84. The van der Waals surface area contributed by atoms with Gasteiger partial charge in [-0.15, -0.1) is 0 Å². The summed E-state index contributed by atoms with van der Waals surface area (Å²) in [5, 5.41) is 8.51. The highest BCUT2D eigenvalue weighted by Crippen LogP contribution is 2.31. The van der Waals surface area contributed by atoms with Crippen LogP contribution in [0.25, 0.3) is 0 Å². The minimum Gasteiger partial charge on any atom is -0.462 e. The van der Waals surface area contributed by atoms with E-state index >= 15 is 0 Å². The van der Waals surface area contributed by atoms with Crippen LogP contribution in [0.3, 0.4) is 0 Å². The van der Waals surface area contributed by atoms with E-state index in [1.54, 1.807) is 13.0 Å². The number of ether oxygens (including phenoxy) is 2. The highest BCUT2D eigenvalue weighted by Gasteiger charge is 2.17. The highest BCUT2D eigenvalue weighted by molar-refractivity contribution is 6.33. The van der Waals surface area contributed by atoms with Crippen molar-refractivity contribution in [2.24, 2.45) is 0 Å². The molecule has 0 aliphatic carbocycles. The minimum atomic E-state index is -3.11. The molecule has 0 unspecified atom stereocenters. The molecule has 0 aliphatic rings. The number of rotatable bonds is 4. The first-order valence-corrected chi connectivity index (χ1v) is 5.23. The molecule has 7 heteroatoms. The van der Waals surface area contributed by atoms with Crippen LogP contribution in [0.15, 0.2) is 12.1 Å². The van der Waals surface area contributed by atoms with Crippen LogP contribution < -0.4 is 4.74 Å². The quantitative estimate of drug-likeness (QED) is 0.793. The second kappa shape index (κ2) is 6.17. The number of nitriles is 1. The van der Waals surface area contributed by atoms with Crippen molar-refractivity contribution in [3.8, 4) is 11.8 Å². The van der Waals surface area contributed by atoms with Crippen molar-refractivity contribution >= 4 is 17.6 Å². The Morgan fingerprint density at radius 3 is 2.72 bits per heavy atom. The lowest BCUT2D eigenvalue weighted by molar-refractivity contribution is -0.0498. The number of hydrogen-bond donors (Lipinski definition) is 0. The Morgan fingerprint density at radius 2 is 2.22 bits per heavy atom. The van der Waals surface area contributed by atoms with Crippen molar-refractivity contribution in [3.63, 3.8) is 0 Å². The van der Waals surface area contributed by atoms with Gasteiger partial charge in [-0.25, -0.2) is 4.79 Å². The number of carbonyl (C=O) groups excluding carboxylic acids is 1. The van der Waals surface area contributed by atoms with E-state index in [1.807, 2.05) is 0 Å². The van der Waals surface area contributed by atoms with Gasteiger partial charge >= 0.3 is 12.6 Å². The number of alkyl halides is 2. The van der Waals surface area contributed by atoms with Gasteiger partial charge < -0.3 is 9.47 Å². The molecular formula is C11H8ClF2NO3. The molecular weight excluding hydrogens is 268 g/mol. The van der Waals surface area contributed by atoms with Crippen molar-refractivity contribution in [1.82, 2.24) is 0 Å². The highest BCUT2D eigenvalue weighted by atomic mass is 35.5. The average molecular weight is 276 g/mol. The Kier molecular flexibility index (Phi) is 4.86. The number of nitrogens with zero attached hydrogens (tertiary/aromatic N) is 1. The maximum atomic E-state index is 12.1. The lowest BCUT2D eigenvalue weighted by atomic mass is 10.1. The third-order valence-corrected chi connectivity index (χ3v) is 2.28. The molecule has 0 fully saturated rings. The van der Waals surface area contributed by atoms with Gasteiger partial charge in [-0.1, -0.05) is 11.6 Å². The van der Waals surface area contributed by atoms with E-state index in [1.165, 1.54) is 0 Å². The van der Waals surface area contributed by atoms with Gasteiger partial charge in [0, 0.05) is 0 Å². The van der Waals surface area contributed by atoms with Gasteiger partial charge in [0.15, 0.2) is 0 Å². The van der Waals surface area contributed by atoms with E-state index in [2.05, 4.69) is 4.74 Å². The fourth-order valence-corrected chi connectivity index (χ4v) is 1.39. The van der Waals surface area contributed by atoms with Crippen molar-refractivity contribution in [2.45, 2.75) is 13.5 Å². The molecule has 18 heavy (non-hydrogen) atoms. The van der Waals surface area contributed by atoms with Gasteiger partial charge in [-0.2, -0.15) is 14.0 Å². The van der Waals surface area contributed by atoms with Crippen molar-refractivity contribution in [2.75, 3.05) is 6.61 Å². The minimum absolute atomic E-state index is 0.0755. The van der Waals surface area contributed by atoms with Crippen LogP contribution in [0, 0.1) is 11.3 Å². The molecule has 0 saturated heterocycles. The molecule has 0 atom stereocenters. The summed E-state index contributed by atoms with van der Waals surface area (Å²) >= 11 is 5.67. The number of halogens is 3. The van der Waals surface area contributed by atoms with E-state index in [4.69, 9.17) is 21.6 Å². The standard InChI is InChI=1S/C11H8ClF2NO3/c1-2-17-10(16)6-3-7(5-15)9(12)8(4-6)18-11(13)14/h3-4,11H,2H2,1H3. The zero-order valence-electron chi connectivity index (χ0n) is 9.25. The Morgan fingerprint density at radius 1 is 1.56 bits per heavy atom. The van der Waals surface area contributed by atoms with Crippen LogP contribution in [0.5, 0.6) is 5.75 Å². The summed E-state index contributed by atoms with van der Waals surface area (Å²) in [6.45, 7) is -1.39. The van der Waals surface area contributed by atoms with Crippen LogP contribution in [0.2, 0.25) is 5.02 Å². The second-order valence-corrected chi connectivity index (χ2v) is 3.42. The Labute approximate surface area is 107 Å². The predicted molar refractivity (Wildman–Crippen MR) is 58.8 cm³/mol. The smallest absolute Gasteiger partial charge is 0.387 e. The summed E-state index contributed by atoms with van der Waals surface area (Å²) in [5.74, 6) is -1.18. The summed E-state index contributed by atoms with van der Waals surface area (Å²) in [7, 11) is 0. The van der Waals surface area contributed by atoms with Gasteiger partial charge in [0.05, 0.1) is 17.7 Å². The fraction of sp³-hybridized carbons (Fsp3) is 0.273. The van der Waals surface area contributed by atoms with E-state index in [0.29, 0.717) is 0 Å². The maximum absolute atomic E-state index is 12.1. The first-order chi connectivity index (χ1) is 8.49. The van der Waals surface area contributed by atoms with Gasteiger partial charge in [0.1, 0.15) is 16.8 Å². The first kappa shape index (κ1) is 14.2. The molecule has 0 bridgehead atoms. The van der Waals surface area contributed by atoms with E-state index < -0.39 is 18.3 Å². The van der Waals surface area contributed by atoms with Crippen molar-refractivity contribution in [3.05, 3.63) is 28.3 Å². The molecule has 0 amide bonds. The first-order valence-electron chi connectivity index (χ1n) is 4.85. The lowest BCUT2D eigenvalue weighted by Gasteiger charge is -2.10. The maximum Gasteiger partial charge on any atom is 0.387 e. The molecule has 4 nitrogen and oxygen atoms in total. The molecule has 1 aromatic rings. The van der Waals surface area contributed by atoms with Crippen LogP contribution in [-0.4, -0.2) is 19.2 Å². The molecule has 96 valence electrons. The molecule has 0 saturated carbocycles. The molecule has 0 N–H and O–H groups in total. The Hall–Kier alpha value is -1.87. The summed E-state index contributed by atoms with van der Waals surface area (Å²) in [5.41, 5.74) is -0.216. The SMILES string of the molecule is CCOC(=O)c1cc(C#N)c(Cl)c(OC(F)F)c1. The molecule has 1 aromatic carbocycles. The van der Waals surface area contributed by atoms with Gasteiger partial charge in [-0.05, 0) is 19.1 Å². The largest absolute Gasteiger partial charge is 0.462 e. The number of benzene rings is 1. The monoisotopic (exact) mass is 275 g/mol. The predicted octanol–water partition coefficient (Wildman–Crippen LogP) is 2.99. The van der Waals surface area contributed by atoms with Crippen molar-refractivity contribution < 1.29 is 23.0 Å². The molecule has 0 aromatic heterocycles. The van der Waals surface area contributed by atoms with Gasteiger partial charge in [0.25, 0.3) is 0 Å². The molecule has 0 heterocycles. The van der Waals surface area contributed by atoms with E-state index in [9.17, 15) is 13.6 Å². The normalized spacial score (nSPS) is 10.0. The van der Waals surface area contributed by atoms with Crippen molar-refractivity contribution in [1.29, 1.82) is 5.26 Å². The average Bonchev–Trinajstić information content (AvgIpc) is 2.31. The number of carbonyl (C=O) groups is 1. The second-order valence-electron chi connectivity index (χ2n) is 3.05. The molecule has 0 radical (unpaired) electrons. The fourth-order valence-electron chi connectivity index (χ4n) is 1.19. The Bertz CT molecular complexity index is 500. The van der Waals surface area contributed by atoms with Crippen LogP contribution in [-0.2, 0) is 4.74 Å². The van der Waals surface area contributed by atoms with Gasteiger partial charge in [0.2, 0.25) is 0 Å². The summed E-state index contributed by atoms with van der Waals surface area (Å²) in [4.78, 5) is 11.4. The molecule has 0 aliphatic heterocycles. The summed E-state index contributed by atoms with van der Waals surface area (Å²) < 4.78 is 33.1. The van der Waals surface area contributed by atoms with E-state index in [-0.39, 0.29) is 22.8 Å². The third kappa shape index (κ3) is 3.31. The van der Waals surface area contributed by atoms with E-state index in [0.717, 1.165) is 12.1 Å². The van der Waals surface area contributed by atoms with Crippen LogP contribution >= 0.6 is 11.6 Å². The zero-order valence-corrected chi connectivity index (χ0v) is 10.0. The summed E-state index contributed by atoms with van der Waals surface area (Å²) in [6.07, 6.45) is 0.